The second-order valence-electron chi connectivity index (χ2n) is 8.71. The zero-order valence-corrected chi connectivity index (χ0v) is 18.9. The summed E-state index contributed by atoms with van der Waals surface area (Å²) in [6, 6.07) is 7.43. The highest BCUT2D eigenvalue weighted by atomic mass is 16.5. The molecule has 0 spiro atoms. The lowest BCUT2D eigenvalue weighted by molar-refractivity contribution is -0.143. The third-order valence-electron chi connectivity index (χ3n) is 5.72. The van der Waals surface area contributed by atoms with E-state index < -0.39 is 12.1 Å². The number of hydrogen-bond donors (Lipinski definition) is 2. The van der Waals surface area contributed by atoms with E-state index in [9.17, 15) is 14.7 Å². The Morgan fingerprint density at radius 2 is 2.00 bits per heavy atom. The summed E-state index contributed by atoms with van der Waals surface area (Å²) in [5.41, 5.74) is 2.30. The molecule has 2 aromatic rings. The first-order valence-electron chi connectivity index (χ1n) is 11.2. The molecule has 8 nitrogen and oxygen atoms in total. The molecule has 8 heteroatoms. The molecule has 0 bridgehead atoms. The van der Waals surface area contributed by atoms with Crippen molar-refractivity contribution >= 4 is 12.1 Å². The van der Waals surface area contributed by atoms with Crippen LogP contribution in [0.15, 0.2) is 28.8 Å². The van der Waals surface area contributed by atoms with E-state index >= 15 is 0 Å². The number of nitrogens with one attached hydrogen (secondary N) is 1. The summed E-state index contributed by atoms with van der Waals surface area (Å²) in [6.45, 7) is 6.61. The lowest BCUT2D eigenvalue weighted by Gasteiger charge is -2.27. The number of aromatic nitrogens is 1. The van der Waals surface area contributed by atoms with Gasteiger partial charge in [-0.05, 0) is 69.2 Å². The first-order valence-corrected chi connectivity index (χ1v) is 11.2. The van der Waals surface area contributed by atoms with Crippen LogP contribution >= 0.6 is 0 Å². The van der Waals surface area contributed by atoms with Gasteiger partial charge in [-0.25, -0.2) is 4.79 Å². The summed E-state index contributed by atoms with van der Waals surface area (Å²) in [5, 5.41) is 16.0. The third kappa shape index (κ3) is 6.48. The minimum absolute atomic E-state index is 0.0929. The molecule has 1 aliphatic rings. The standard InChI is InChI=1S/C24H32N2O6/c1-15(2)11-12-30-24(29)25-14-21-16(3)26-32-22(21)17-7-9-19(10-8-17)31-20-6-4-5-18(13-20)23(27)28/h7-10,15,18,20H,4-6,11-14H2,1-3H3,(H,25,29)(H,27,28)/t18-,20-/m0/s1. The van der Waals surface area contributed by atoms with Gasteiger partial charge in [-0.1, -0.05) is 19.0 Å². The Hall–Kier alpha value is -3.03. The van der Waals surface area contributed by atoms with Crippen LogP contribution in [0.3, 0.4) is 0 Å². The predicted molar refractivity (Wildman–Crippen MR) is 118 cm³/mol. The summed E-state index contributed by atoms with van der Waals surface area (Å²) in [7, 11) is 0. The molecule has 32 heavy (non-hydrogen) atoms. The Balaban J connectivity index is 1.59. The molecule has 1 heterocycles. The normalized spacial score (nSPS) is 18.4. The molecule has 0 saturated heterocycles. The fourth-order valence-corrected chi connectivity index (χ4v) is 3.78. The van der Waals surface area contributed by atoms with Gasteiger partial charge in [-0.2, -0.15) is 0 Å². The Morgan fingerprint density at radius 1 is 1.25 bits per heavy atom. The van der Waals surface area contributed by atoms with Crippen LogP contribution in [-0.2, 0) is 16.1 Å². The van der Waals surface area contributed by atoms with Crippen molar-refractivity contribution in [2.24, 2.45) is 11.8 Å². The van der Waals surface area contributed by atoms with Crippen molar-refractivity contribution in [3.05, 3.63) is 35.5 Å². The van der Waals surface area contributed by atoms with E-state index in [4.69, 9.17) is 14.0 Å². The highest BCUT2D eigenvalue weighted by Crippen LogP contribution is 2.31. The van der Waals surface area contributed by atoms with Crippen LogP contribution in [0.5, 0.6) is 5.75 Å². The molecule has 1 aliphatic carbocycles. The minimum atomic E-state index is -0.751. The highest BCUT2D eigenvalue weighted by molar-refractivity contribution is 5.70. The maximum absolute atomic E-state index is 11.9. The van der Waals surface area contributed by atoms with Crippen molar-refractivity contribution < 1.29 is 28.7 Å². The van der Waals surface area contributed by atoms with Crippen LogP contribution in [0.2, 0.25) is 0 Å². The van der Waals surface area contributed by atoms with Gasteiger partial charge in [0, 0.05) is 11.1 Å². The van der Waals surface area contributed by atoms with Crippen molar-refractivity contribution in [2.45, 2.75) is 65.5 Å². The van der Waals surface area contributed by atoms with E-state index in [1.165, 1.54) is 0 Å². The number of carbonyl (C=O) groups is 2. The molecule has 1 saturated carbocycles. The van der Waals surface area contributed by atoms with Gasteiger partial charge in [-0.15, -0.1) is 0 Å². The fourth-order valence-electron chi connectivity index (χ4n) is 3.78. The van der Waals surface area contributed by atoms with Crippen molar-refractivity contribution in [1.82, 2.24) is 10.5 Å². The van der Waals surface area contributed by atoms with Crippen LogP contribution in [-0.4, -0.2) is 35.0 Å². The first kappa shape index (κ1) is 23.6. The van der Waals surface area contributed by atoms with E-state index in [1.807, 2.05) is 31.2 Å². The van der Waals surface area contributed by atoms with Crippen LogP contribution in [0.25, 0.3) is 11.3 Å². The molecular formula is C24H32N2O6. The van der Waals surface area contributed by atoms with Crippen molar-refractivity contribution in [2.75, 3.05) is 6.61 Å². The number of alkyl carbamates (subject to hydrolysis) is 1. The Labute approximate surface area is 188 Å². The van der Waals surface area contributed by atoms with Crippen LogP contribution in [0.4, 0.5) is 4.79 Å². The molecular weight excluding hydrogens is 412 g/mol. The quantitative estimate of drug-likeness (QED) is 0.563. The van der Waals surface area contributed by atoms with E-state index in [1.54, 1.807) is 0 Å². The van der Waals surface area contributed by atoms with Crippen LogP contribution in [0, 0.1) is 18.8 Å². The molecule has 1 amide bonds. The molecule has 2 atom stereocenters. The van der Waals surface area contributed by atoms with E-state index in [0.29, 0.717) is 42.6 Å². The number of hydrogen-bond acceptors (Lipinski definition) is 6. The van der Waals surface area contributed by atoms with Gasteiger partial charge < -0.3 is 24.4 Å². The van der Waals surface area contributed by atoms with E-state index in [0.717, 1.165) is 30.4 Å². The molecule has 0 aliphatic heterocycles. The summed E-state index contributed by atoms with van der Waals surface area (Å²) in [6.07, 6.45) is 3.21. The van der Waals surface area contributed by atoms with Crippen LogP contribution < -0.4 is 10.1 Å². The SMILES string of the molecule is Cc1noc(-c2ccc(O[C@H]3CCC[C@H](C(=O)O)C3)cc2)c1CNC(=O)OCCC(C)C. The number of carboxylic acids is 1. The Morgan fingerprint density at radius 3 is 2.69 bits per heavy atom. The van der Waals surface area contributed by atoms with Gasteiger partial charge in [0.2, 0.25) is 0 Å². The zero-order valence-electron chi connectivity index (χ0n) is 18.9. The summed E-state index contributed by atoms with van der Waals surface area (Å²) < 4.78 is 16.7. The minimum Gasteiger partial charge on any atom is -0.490 e. The summed E-state index contributed by atoms with van der Waals surface area (Å²) >= 11 is 0. The van der Waals surface area contributed by atoms with Gasteiger partial charge in [0.15, 0.2) is 5.76 Å². The number of aryl methyl sites for hydroxylation is 1. The number of nitrogens with zero attached hydrogens (tertiary/aromatic N) is 1. The number of amides is 1. The molecule has 174 valence electrons. The molecule has 0 radical (unpaired) electrons. The zero-order chi connectivity index (χ0) is 23.1. The largest absolute Gasteiger partial charge is 0.490 e. The van der Waals surface area contributed by atoms with Gasteiger partial charge >= 0.3 is 12.1 Å². The highest BCUT2D eigenvalue weighted by Gasteiger charge is 2.28. The predicted octanol–water partition coefficient (Wildman–Crippen LogP) is 4.94. The molecule has 1 aromatic carbocycles. The van der Waals surface area contributed by atoms with E-state index in [2.05, 4.69) is 24.3 Å². The maximum atomic E-state index is 11.9. The van der Waals surface area contributed by atoms with Gasteiger partial charge in [0.25, 0.3) is 0 Å². The smallest absolute Gasteiger partial charge is 0.407 e. The Bertz CT molecular complexity index is 906. The monoisotopic (exact) mass is 444 g/mol. The number of aliphatic carboxylic acids is 1. The van der Waals surface area contributed by atoms with Crippen molar-refractivity contribution in [1.29, 1.82) is 0 Å². The van der Waals surface area contributed by atoms with Gasteiger partial charge in [-0.3, -0.25) is 4.79 Å². The van der Waals surface area contributed by atoms with E-state index in [-0.39, 0.29) is 18.6 Å². The molecule has 0 unspecified atom stereocenters. The maximum Gasteiger partial charge on any atom is 0.407 e. The van der Waals surface area contributed by atoms with Crippen molar-refractivity contribution in [3.8, 4) is 17.1 Å². The first-order chi connectivity index (χ1) is 15.3. The molecule has 1 fully saturated rings. The third-order valence-corrected chi connectivity index (χ3v) is 5.72. The number of carbonyl (C=O) groups excluding carboxylic acids is 1. The van der Waals surface area contributed by atoms with Gasteiger partial charge in [0.1, 0.15) is 5.75 Å². The second-order valence-corrected chi connectivity index (χ2v) is 8.71. The van der Waals surface area contributed by atoms with Crippen molar-refractivity contribution in [3.63, 3.8) is 0 Å². The number of ether oxygens (including phenoxy) is 2. The average molecular weight is 445 g/mol. The fraction of sp³-hybridized carbons (Fsp3) is 0.542. The summed E-state index contributed by atoms with van der Waals surface area (Å²) in [4.78, 5) is 23.2. The number of rotatable bonds is 9. The van der Waals surface area contributed by atoms with Crippen LogP contribution in [0.1, 0.15) is 57.2 Å². The van der Waals surface area contributed by atoms with Gasteiger partial charge in [0.05, 0.1) is 30.9 Å². The summed E-state index contributed by atoms with van der Waals surface area (Å²) in [5.74, 6) is 0.657. The average Bonchev–Trinajstić information content (AvgIpc) is 3.13. The lowest BCUT2D eigenvalue weighted by atomic mass is 9.87. The molecule has 1 aromatic heterocycles. The lowest BCUT2D eigenvalue weighted by Crippen LogP contribution is -2.29. The second kappa shape index (κ2) is 11.0. The number of benzene rings is 1. The molecule has 3 rings (SSSR count). The molecule has 2 N–H and O–H groups in total. The topological polar surface area (TPSA) is 111 Å². The Kier molecular flexibility index (Phi) is 8.14. The number of carboxylic acid groups (broad SMARTS) is 1.